The zero-order valence-corrected chi connectivity index (χ0v) is 17.8. The van der Waals surface area contributed by atoms with E-state index in [1.807, 2.05) is 18.4 Å². The van der Waals surface area contributed by atoms with E-state index in [9.17, 15) is 13.6 Å². The maximum atomic E-state index is 13.6. The first kappa shape index (κ1) is 20.6. The van der Waals surface area contributed by atoms with Crippen LogP contribution in [0.2, 0.25) is 0 Å². The maximum Gasteiger partial charge on any atom is 0.387 e. The molecule has 1 unspecified atom stereocenters. The minimum Gasteiger partial charge on any atom is -0.435 e. The Bertz CT molecular complexity index is 1150. The molecular formula is C23H27F2N3O2. The average molecular weight is 415 g/mol. The van der Waals surface area contributed by atoms with Gasteiger partial charge in [0.25, 0.3) is 5.56 Å². The van der Waals surface area contributed by atoms with Crippen molar-refractivity contribution >= 4 is 5.52 Å². The van der Waals surface area contributed by atoms with Crippen LogP contribution in [0.5, 0.6) is 5.75 Å². The molecule has 4 rings (SSSR count). The van der Waals surface area contributed by atoms with Crippen molar-refractivity contribution in [1.29, 1.82) is 0 Å². The van der Waals surface area contributed by atoms with Crippen LogP contribution < -0.4 is 10.3 Å². The summed E-state index contributed by atoms with van der Waals surface area (Å²) in [5, 5.41) is 4.89. The lowest BCUT2D eigenvalue weighted by atomic mass is 10.00. The molecule has 30 heavy (non-hydrogen) atoms. The quantitative estimate of drug-likeness (QED) is 0.513. The average Bonchev–Trinajstić information content (AvgIpc) is 3.49. The lowest BCUT2D eigenvalue weighted by Crippen LogP contribution is -2.26. The molecule has 1 fully saturated rings. The number of hydrogen-bond donors (Lipinski definition) is 0. The molecule has 3 aromatic rings. The minimum atomic E-state index is -2.87. The van der Waals surface area contributed by atoms with E-state index in [2.05, 4.69) is 24.7 Å². The number of nitrogens with zero attached hydrogens (tertiary/aromatic N) is 3. The predicted octanol–water partition coefficient (Wildman–Crippen LogP) is 5.48. The van der Waals surface area contributed by atoms with Gasteiger partial charge >= 0.3 is 6.61 Å². The van der Waals surface area contributed by atoms with E-state index in [0.717, 1.165) is 41.6 Å². The molecular weight excluding hydrogens is 388 g/mol. The Morgan fingerprint density at radius 2 is 1.97 bits per heavy atom. The third-order valence-corrected chi connectivity index (χ3v) is 6.01. The number of hydrogen-bond acceptors (Lipinski definition) is 3. The predicted molar refractivity (Wildman–Crippen MR) is 113 cm³/mol. The van der Waals surface area contributed by atoms with Gasteiger partial charge in [-0.2, -0.15) is 8.78 Å². The van der Waals surface area contributed by atoms with Crippen LogP contribution in [0.25, 0.3) is 16.9 Å². The second-order valence-electron chi connectivity index (χ2n) is 8.09. The summed E-state index contributed by atoms with van der Waals surface area (Å²) in [7, 11) is 0. The summed E-state index contributed by atoms with van der Waals surface area (Å²) in [5.74, 6) is 0.965. The lowest BCUT2D eigenvalue weighted by molar-refractivity contribution is -0.0498. The molecule has 1 aliphatic rings. The molecule has 0 aliphatic heterocycles. The Balaban J connectivity index is 1.97. The number of rotatable bonds is 7. The zero-order chi connectivity index (χ0) is 21.6. The molecule has 2 aromatic heterocycles. The van der Waals surface area contributed by atoms with Gasteiger partial charge in [-0.15, -0.1) is 5.10 Å². The molecule has 5 nitrogen and oxygen atoms in total. The van der Waals surface area contributed by atoms with E-state index in [-0.39, 0.29) is 23.3 Å². The van der Waals surface area contributed by atoms with E-state index in [0.29, 0.717) is 17.8 Å². The number of aryl methyl sites for hydroxylation is 2. The van der Waals surface area contributed by atoms with Gasteiger partial charge in [-0.1, -0.05) is 20.8 Å². The van der Waals surface area contributed by atoms with Crippen LogP contribution in [0.3, 0.4) is 0 Å². The van der Waals surface area contributed by atoms with Crippen molar-refractivity contribution in [2.24, 2.45) is 0 Å². The number of alkyl halides is 2. The molecule has 0 saturated heterocycles. The third kappa shape index (κ3) is 3.50. The zero-order valence-electron chi connectivity index (χ0n) is 17.8. The lowest BCUT2D eigenvalue weighted by Gasteiger charge is -2.17. The van der Waals surface area contributed by atoms with E-state index in [4.69, 9.17) is 5.10 Å². The largest absolute Gasteiger partial charge is 0.435 e. The monoisotopic (exact) mass is 415 g/mol. The number of halogens is 2. The van der Waals surface area contributed by atoms with Crippen molar-refractivity contribution < 1.29 is 13.5 Å². The molecule has 1 aromatic carbocycles. The smallest absolute Gasteiger partial charge is 0.387 e. The van der Waals surface area contributed by atoms with Gasteiger partial charge in [0.05, 0.1) is 0 Å². The topological polar surface area (TPSA) is 48.5 Å². The fraction of sp³-hybridized carbons (Fsp3) is 0.478. The van der Waals surface area contributed by atoms with Gasteiger partial charge in [0.1, 0.15) is 11.3 Å². The molecule has 1 atom stereocenters. The van der Waals surface area contributed by atoms with Gasteiger partial charge in [0, 0.05) is 17.3 Å². The van der Waals surface area contributed by atoms with Crippen LogP contribution in [0, 0.1) is 6.92 Å². The molecule has 0 radical (unpaired) electrons. The molecule has 0 spiro atoms. The summed E-state index contributed by atoms with van der Waals surface area (Å²) in [5.41, 5.74) is 4.17. The van der Waals surface area contributed by atoms with Crippen LogP contribution in [0.1, 0.15) is 68.8 Å². The highest BCUT2D eigenvalue weighted by Crippen LogP contribution is 2.38. The summed E-state index contributed by atoms with van der Waals surface area (Å²) in [4.78, 5) is 13.6. The Morgan fingerprint density at radius 3 is 2.57 bits per heavy atom. The second-order valence-corrected chi connectivity index (χ2v) is 8.09. The molecule has 0 N–H and O–H groups in total. The molecule has 160 valence electrons. The molecule has 1 saturated carbocycles. The van der Waals surface area contributed by atoms with E-state index in [1.165, 1.54) is 6.07 Å². The van der Waals surface area contributed by atoms with E-state index in [1.54, 1.807) is 16.6 Å². The van der Waals surface area contributed by atoms with Crippen LogP contribution in [0.4, 0.5) is 8.78 Å². The summed E-state index contributed by atoms with van der Waals surface area (Å²) in [6, 6.07) is 7.05. The standard InChI is InChI=1S/C23H27F2N3O2/c1-5-13(3)19-11-14(4)28-20(19)22(29)27(16-7-8-16)21(26-28)18-10-9-17(30-23(24)25)12-15(18)6-2/h9-13,16,23H,5-8H2,1-4H3. The number of benzene rings is 1. The Hall–Kier alpha value is -2.70. The summed E-state index contributed by atoms with van der Waals surface area (Å²) in [6.07, 6.45) is 3.43. The molecule has 1 aliphatic carbocycles. The molecule has 0 amide bonds. The van der Waals surface area contributed by atoms with Gasteiger partial charge in [-0.3, -0.25) is 9.36 Å². The Labute approximate surface area is 174 Å². The first-order chi connectivity index (χ1) is 14.3. The highest BCUT2D eigenvalue weighted by molar-refractivity contribution is 5.65. The normalized spacial score (nSPS) is 15.2. The van der Waals surface area contributed by atoms with Gasteiger partial charge < -0.3 is 4.74 Å². The van der Waals surface area contributed by atoms with Gasteiger partial charge in [0.15, 0.2) is 5.82 Å². The van der Waals surface area contributed by atoms with Crippen LogP contribution in [0.15, 0.2) is 29.1 Å². The fourth-order valence-corrected chi connectivity index (χ4v) is 4.06. The van der Waals surface area contributed by atoms with Crippen molar-refractivity contribution in [2.75, 3.05) is 0 Å². The Morgan fingerprint density at radius 1 is 1.23 bits per heavy atom. The van der Waals surface area contributed by atoms with Crippen molar-refractivity contribution in [2.45, 2.75) is 71.9 Å². The maximum absolute atomic E-state index is 13.6. The number of ether oxygens (including phenoxy) is 1. The Kier molecular flexibility index (Phi) is 5.38. The van der Waals surface area contributed by atoms with Crippen molar-refractivity contribution in [1.82, 2.24) is 14.2 Å². The minimum absolute atomic E-state index is 0.0270. The first-order valence-corrected chi connectivity index (χ1v) is 10.6. The second kappa shape index (κ2) is 7.85. The molecule has 0 bridgehead atoms. The van der Waals surface area contributed by atoms with Crippen LogP contribution in [-0.2, 0) is 6.42 Å². The molecule has 2 heterocycles. The SMILES string of the molecule is CCc1cc(OC(F)F)ccc1-c1nn2c(C)cc(C(C)CC)c2c(=O)n1C1CC1. The van der Waals surface area contributed by atoms with Gasteiger partial charge in [-0.05, 0) is 73.9 Å². The number of fused-ring (bicyclic) bond motifs is 1. The van der Waals surface area contributed by atoms with E-state index < -0.39 is 6.61 Å². The van der Waals surface area contributed by atoms with Crippen molar-refractivity contribution in [3.63, 3.8) is 0 Å². The van der Waals surface area contributed by atoms with Crippen molar-refractivity contribution in [3.05, 3.63) is 51.4 Å². The van der Waals surface area contributed by atoms with Gasteiger partial charge in [-0.25, -0.2) is 4.52 Å². The molecule has 7 heteroatoms. The fourth-order valence-electron chi connectivity index (χ4n) is 4.06. The van der Waals surface area contributed by atoms with Gasteiger partial charge in [0.2, 0.25) is 0 Å². The highest BCUT2D eigenvalue weighted by atomic mass is 19.3. The number of aromatic nitrogens is 3. The highest BCUT2D eigenvalue weighted by Gasteiger charge is 2.31. The van der Waals surface area contributed by atoms with Crippen molar-refractivity contribution in [3.8, 4) is 17.1 Å². The summed E-state index contributed by atoms with van der Waals surface area (Å²) >= 11 is 0. The summed E-state index contributed by atoms with van der Waals surface area (Å²) < 4.78 is 33.4. The van der Waals surface area contributed by atoms with E-state index >= 15 is 0 Å². The first-order valence-electron chi connectivity index (χ1n) is 10.6. The third-order valence-electron chi connectivity index (χ3n) is 6.01. The van der Waals surface area contributed by atoms with Crippen LogP contribution in [-0.4, -0.2) is 20.8 Å². The van der Waals surface area contributed by atoms with Crippen LogP contribution >= 0.6 is 0 Å². The summed E-state index contributed by atoms with van der Waals surface area (Å²) in [6.45, 7) is 5.27.